The number of carboxylic acid groups (broad SMARTS) is 1. The third-order valence-electron chi connectivity index (χ3n) is 2.80. The molecule has 0 rings (SSSR count). The number of carboxylic acids is 1. The average molecular weight is 227 g/mol. The first-order chi connectivity index (χ1) is 7.59. The zero-order valence-corrected chi connectivity index (χ0v) is 10.8. The van der Waals surface area contributed by atoms with E-state index in [4.69, 9.17) is 5.11 Å². The molecule has 0 aromatic carbocycles. The zero-order valence-electron chi connectivity index (χ0n) is 10.8. The number of unbranched alkanes of at least 4 members (excludes halogenated alkanes) is 5. The van der Waals surface area contributed by atoms with Gasteiger partial charge < -0.3 is 10.4 Å². The quantitative estimate of drug-likeness (QED) is 0.469. The van der Waals surface area contributed by atoms with E-state index in [0.717, 1.165) is 18.7 Å². The molecule has 3 heteroatoms. The molecule has 0 fully saturated rings. The van der Waals surface area contributed by atoms with E-state index < -0.39 is 5.97 Å². The maximum Gasteiger partial charge on any atom is 0.333 e. The summed E-state index contributed by atoms with van der Waals surface area (Å²) < 4.78 is 0. The first-order valence-corrected chi connectivity index (χ1v) is 6.24. The molecule has 0 aromatic rings. The van der Waals surface area contributed by atoms with E-state index >= 15 is 0 Å². The lowest BCUT2D eigenvalue weighted by molar-refractivity contribution is -0.132. The van der Waals surface area contributed by atoms with E-state index in [1.165, 1.54) is 32.1 Å². The molecule has 0 spiro atoms. The predicted octanol–water partition coefficient (Wildman–Crippen LogP) is 3.32. The van der Waals surface area contributed by atoms with E-state index in [1.807, 2.05) is 6.92 Å². The minimum atomic E-state index is -0.840. The van der Waals surface area contributed by atoms with Crippen molar-refractivity contribution in [3.05, 3.63) is 11.3 Å². The van der Waals surface area contributed by atoms with Crippen molar-refractivity contribution in [2.45, 2.75) is 59.3 Å². The first-order valence-electron chi connectivity index (χ1n) is 6.24. The van der Waals surface area contributed by atoms with Gasteiger partial charge in [0.2, 0.25) is 0 Å². The molecule has 16 heavy (non-hydrogen) atoms. The Morgan fingerprint density at radius 3 is 2.19 bits per heavy atom. The molecule has 0 radical (unpaired) electrons. The van der Waals surface area contributed by atoms with Gasteiger partial charge in [-0.3, -0.25) is 0 Å². The smallest absolute Gasteiger partial charge is 0.333 e. The highest BCUT2D eigenvalue weighted by Crippen LogP contribution is 2.05. The van der Waals surface area contributed by atoms with Crippen LogP contribution < -0.4 is 5.32 Å². The van der Waals surface area contributed by atoms with Crippen molar-refractivity contribution < 1.29 is 9.90 Å². The SMILES string of the molecule is CCCCCCCCNC(C)=C(C)C(=O)O. The van der Waals surface area contributed by atoms with Crippen molar-refractivity contribution in [3.63, 3.8) is 0 Å². The Morgan fingerprint density at radius 2 is 1.62 bits per heavy atom. The van der Waals surface area contributed by atoms with E-state index in [1.54, 1.807) is 6.92 Å². The van der Waals surface area contributed by atoms with Gasteiger partial charge in [-0.05, 0) is 20.3 Å². The molecule has 2 N–H and O–H groups in total. The summed E-state index contributed by atoms with van der Waals surface area (Å²) in [6, 6.07) is 0. The number of carbonyl (C=O) groups is 1. The van der Waals surface area contributed by atoms with Crippen LogP contribution in [0.15, 0.2) is 11.3 Å². The molecule has 0 atom stereocenters. The second-order valence-corrected chi connectivity index (χ2v) is 4.25. The molecular weight excluding hydrogens is 202 g/mol. The molecule has 0 aliphatic rings. The minimum Gasteiger partial charge on any atom is -0.478 e. The van der Waals surface area contributed by atoms with E-state index in [9.17, 15) is 4.79 Å². The molecule has 94 valence electrons. The van der Waals surface area contributed by atoms with Crippen LogP contribution in [0.1, 0.15) is 59.3 Å². The van der Waals surface area contributed by atoms with Crippen molar-refractivity contribution in [2.24, 2.45) is 0 Å². The van der Waals surface area contributed by atoms with Gasteiger partial charge in [0.25, 0.3) is 0 Å². The Balaban J connectivity index is 3.52. The molecule has 0 aromatic heterocycles. The largest absolute Gasteiger partial charge is 0.478 e. The van der Waals surface area contributed by atoms with Crippen LogP contribution in [-0.2, 0) is 4.79 Å². The Morgan fingerprint density at radius 1 is 1.06 bits per heavy atom. The van der Waals surface area contributed by atoms with Crippen molar-refractivity contribution in [1.82, 2.24) is 5.32 Å². The van der Waals surface area contributed by atoms with Crippen molar-refractivity contribution >= 4 is 5.97 Å². The fraction of sp³-hybridized carbons (Fsp3) is 0.769. The highest BCUT2D eigenvalue weighted by atomic mass is 16.4. The number of allylic oxidation sites excluding steroid dienone is 1. The Labute approximate surface area is 98.9 Å². The summed E-state index contributed by atoms with van der Waals surface area (Å²) in [5, 5.41) is 11.9. The molecule has 0 aliphatic heterocycles. The van der Waals surface area contributed by atoms with Gasteiger partial charge in [-0.25, -0.2) is 4.79 Å². The first kappa shape index (κ1) is 15.0. The van der Waals surface area contributed by atoms with Crippen LogP contribution in [0.3, 0.4) is 0 Å². The normalized spacial score (nSPS) is 12.2. The molecule has 0 unspecified atom stereocenters. The summed E-state index contributed by atoms with van der Waals surface area (Å²) >= 11 is 0. The van der Waals surface area contributed by atoms with Crippen LogP contribution >= 0.6 is 0 Å². The third-order valence-corrected chi connectivity index (χ3v) is 2.80. The average Bonchev–Trinajstić information content (AvgIpc) is 2.26. The summed E-state index contributed by atoms with van der Waals surface area (Å²) in [6.45, 7) is 6.54. The fourth-order valence-electron chi connectivity index (χ4n) is 1.47. The van der Waals surface area contributed by atoms with Gasteiger partial charge in [0, 0.05) is 12.2 Å². The standard InChI is InChI=1S/C13H25NO2/c1-4-5-6-7-8-9-10-14-12(3)11(2)13(15)16/h14H,4-10H2,1-3H3,(H,15,16). The molecule has 0 amide bonds. The lowest BCUT2D eigenvalue weighted by Crippen LogP contribution is -2.16. The number of nitrogens with one attached hydrogen (secondary N) is 1. The Bertz CT molecular complexity index is 234. The Kier molecular flexibility index (Phi) is 8.68. The summed E-state index contributed by atoms with van der Waals surface area (Å²) in [5.74, 6) is -0.840. The molecule has 0 saturated carbocycles. The Hall–Kier alpha value is -0.990. The van der Waals surface area contributed by atoms with Crippen LogP contribution in [0.25, 0.3) is 0 Å². The lowest BCUT2D eigenvalue weighted by Gasteiger charge is -2.08. The summed E-state index contributed by atoms with van der Waals surface area (Å²) in [5.41, 5.74) is 1.19. The van der Waals surface area contributed by atoms with Gasteiger partial charge >= 0.3 is 5.97 Å². The number of rotatable bonds is 9. The van der Waals surface area contributed by atoms with Crippen molar-refractivity contribution in [2.75, 3.05) is 6.54 Å². The van der Waals surface area contributed by atoms with Crippen LogP contribution in [0.2, 0.25) is 0 Å². The number of aliphatic carboxylic acids is 1. The van der Waals surface area contributed by atoms with E-state index in [0.29, 0.717) is 5.57 Å². The number of hydrogen-bond donors (Lipinski definition) is 2. The van der Waals surface area contributed by atoms with Gasteiger partial charge in [-0.2, -0.15) is 0 Å². The van der Waals surface area contributed by atoms with Gasteiger partial charge in [0.05, 0.1) is 5.57 Å². The van der Waals surface area contributed by atoms with Crippen LogP contribution in [-0.4, -0.2) is 17.6 Å². The molecule has 3 nitrogen and oxygen atoms in total. The highest BCUT2D eigenvalue weighted by Gasteiger charge is 2.03. The van der Waals surface area contributed by atoms with Crippen LogP contribution in [0.4, 0.5) is 0 Å². The topological polar surface area (TPSA) is 49.3 Å². The van der Waals surface area contributed by atoms with Gasteiger partial charge in [-0.15, -0.1) is 0 Å². The maximum absolute atomic E-state index is 10.6. The zero-order chi connectivity index (χ0) is 12.4. The van der Waals surface area contributed by atoms with Crippen LogP contribution in [0.5, 0.6) is 0 Å². The van der Waals surface area contributed by atoms with Crippen molar-refractivity contribution in [1.29, 1.82) is 0 Å². The summed E-state index contributed by atoms with van der Waals surface area (Å²) in [7, 11) is 0. The monoisotopic (exact) mass is 227 g/mol. The summed E-state index contributed by atoms with van der Waals surface area (Å²) in [6.07, 6.45) is 7.55. The van der Waals surface area contributed by atoms with Crippen molar-refractivity contribution in [3.8, 4) is 0 Å². The third kappa shape index (κ3) is 7.32. The van der Waals surface area contributed by atoms with Crippen LogP contribution in [0, 0.1) is 0 Å². The highest BCUT2D eigenvalue weighted by molar-refractivity contribution is 5.86. The van der Waals surface area contributed by atoms with Gasteiger partial charge in [-0.1, -0.05) is 39.0 Å². The predicted molar refractivity (Wildman–Crippen MR) is 67.4 cm³/mol. The lowest BCUT2D eigenvalue weighted by atomic mass is 10.1. The van der Waals surface area contributed by atoms with E-state index in [2.05, 4.69) is 12.2 Å². The molecule has 0 bridgehead atoms. The second-order valence-electron chi connectivity index (χ2n) is 4.25. The minimum absolute atomic E-state index is 0.408. The number of hydrogen-bond acceptors (Lipinski definition) is 2. The van der Waals surface area contributed by atoms with E-state index in [-0.39, 0.29) is 0 Å². The molecule has 0 heterocycles. The second kappa shape index (κ2) is 9.25. The maximum atomic E-state index is 10.6. The fourth-order valence-corrected chi connectivity index (χ4v) is 1.47. The molecule has 0 aliphatic carbocycles. The summed E-state index contributed by atoms with van der Waals surface area (Å²) in [4.78, 5) is 10.6. The van der Waals surface area contributed by atoms with Gasteiger partial charge in [0.1, 0.15) is 0 Å². The molecular formula is C13H25NO2. The van der Waals surface area contributed by atoms with Gasteiger partial charge in [0.15, 0.2) is 0 Å². The molecule has 0 saturated heterocycles.